The zero-order chi connectivity index (χ0) is 21.1. The maximum atomic E-state index is 12.7. The zero-order valence-corrected chi connectivity index (χ0v) is 17.9. The number of thioether (sulfide) groups is 1. The van der Waals surface area contributed by atoms with Crippen LogP contribution in [0, 0.1) is 0 Å². The summed E-state index contributed by atoms with van der Waals surface area (Å²) in [5.74, 6) is 3.11. The molecule has 2 aromatic carbocycles. The van der Waals surface area contributed by atoms with Gasteiger partial charge in [-0.25, -0.2) is 4.98 Å². The van der Waals surface area contributed by atoms with Crippen molar-refractivity contribution in [1.82, 2.24) is 14.9 Å². The van der Waals surface area contributed by atoms with Crippen molar-refractivity contribution in [3.63, 3.8) is 0 Å². The molecular weight excluding hydrogens is 402 g/mol. The molecule has 30 heavy (non-hydrogen) atoms. The molecule has 0 aliphatic carbocycles. The summed E-state index contributed by atoms with van der Waals surface area (Å²) in [4.78, 5) is 22.4. The molecule has 156 valence electrons. The highest BCUT2D eigenvalue weighted by atomic mass is 32.2. The Morgan fingerprint density at radius 3 is 2.43 bits per heavy atom. The number of imidazole rings is 1. The number of nitrogens with zero attached hydrogens (tertiary/aromatic N) is 2. The van der Waals surface area contributed by atoms with E-state index in [0.29, 0.717) is 29.5 Å². The fraction of sp³-hybridized carbons (Fsp3) is 0.273. The number of carbonyl (C=O) groups is 1. The van der Waals surface area contributed by atoms with Gasteiger partial charge in [-0.3, -0.25) is 4.79 Å². The van der Waals surface area contributed by atoms with E-state index in [9.17, 15) is 4.79 Å². The molecule has 1 fully saturated rings. The maximum absolute atomic E-state index is 12.7. The molecule has 3 aromatic rings. The second-order valence-electron chi connectivity index (χ2n) is 6.75. The van der Waals surface area contributed by atoms with Crippen molar-refractivity contribution in [3.8, 4) is 28.6 Å². The van der Waals surface area contributed by atoms with E-state index in [-0.39, 0.29) is 11.3 Å². The van der Waals surface area contributed by atoms with Crippen LogP contribution in [0.2, 0.25) is 0 Å². The molecular formula is C22H23N3O4S. The summed E-state index contributed by atoms with van der Waals surface area (Å²) in [6.07, 6.45) is 1.80. The summed E-state index contributed by atoms with van der Waals surface area (Å²) in [5, 5.41) is -0.168. The number of methoxy groups -OCH3 is 3. The molecule has 1 atom stereocenters. The molecule has 1 saturated heterocycles. The molecule has 0 spiro atoms. The van der Waals surface area contributed by atoms with Crippen molar-refractivity contribution in [2.24, 2.45) is 0 Å². The molecule has 1 aliphatic rings. The van der Waals surface area contributed by atoms with Crippen LogP contribution in [-0.2, 0) is 11.3 Å². The number of nitrogens with one attached hydrogen (secondary N) is 1. The van der Waals surface area contributed by atoms with Gasteiger partial charge in [0.25, 0.3) is 0 Å². The van der Waals surface area contributed by atoms with Gasteiger partial charge in [0.2, 0.25) is 5.91 Å². The van der Waals surface area contributed by atoms with Gasteiger partial charge in [0.15, 0.2) is 0 Å². The monoisotopic (exact) mass is 425 g/mol. The predicted octanol–water partition coefficient (Wildman–Crippen LogP) is 3.88. The van der Waals surface area contributed by atoms with E-state index in [1.165, 1.54) is 0 Å². The second-order valence-corrected chi connectivity index (χ2v) is 7.82. The number of hydrogen-bond donors (Lipinski definition) is 1. The summed E-state index contributed by atoms with van der Waals surface area (Å²) < 4.78 is 16.4. The fourth-order valence-corrected chi connectivity index (χ4v) is 4.63. The number of aromatic amines is 1. The number of aromatic nitrogens is 2. The van der Waals surface area contributed by atoms with Crippen LogP contribution < -0.4 is 14.2 Å². The molecule has 1 amide bonds. The number of H-pyrrole nitrogens is 1. The van der Waals surface area contributed by atoms with E-state index >= 15 is 0 Å². The van der Waals surface area contributed by atoms with Gasteiger partial charge in [-0.15, -0.1) is 11.8 Å². The Bertz CT molecular complexity index is 1010. The zero-order valence-electron chi connectivity index (χ0n) is 17.0. The lowest BCUT2D eigenvalue weighted by Crippen LogP contribution is -2.28. The normalized spacial score (nSPS) is 16.0. The van der Waals surface area contributed by atoms with Crippen molar-refractivity contribution in [2.45, 2.75) is 11.9 Å². The highest BCUT2D eigenvalue weighted by Crippen LogP contribution is 2.42. The van der Waals surface area contributed by atoms with Crippen LogP contribution in [0.4, 0.5) is 0 Å². The molecule has 0 bridgehead atoms. The van der Waals surface area contributed by atoms with Crippen molar-refractivity contribution >= 4 is 17.7 Å². The third-order valence-corrected chi connectivity index (χ3v) is 6.26. The van der Waals surface area contributed by atoms with Gasteiger partial charge in [-0.2, -0.15) is 0 Å². The van der Waals surface area contributed by atoms with Crippen molar-refractivity contribution in [2.75, 3.05) is 27.1 Å². The summed E-state index contributed by atoms with van der Waals surface area (Å²) in [7, 11) is 4.78. The minimum absolute atomic E-state index is 0.0563. The topological polar surface area (TPSA) is 76.7 Å². The molecule has 7 nitrogen and oxygen atoms in total. The highest BCUT2D eigenvalue weighted by Gasteiger charge is 2.35. The van der Waals surface area contributed by atoms with E-state index in [1.807, 2.05) is 35.2 Å². The lowest BCUT2D eigenvalue weighted by molar-refractivity contribution is -0.128. The second kappa shape index (κ2) is 8.71. The van der Waals surface area contributed by atoms with Crippen LogP contribution in [0.15, 0.2) is 48.7 Å². The first kappa shape index (κ1) is 20.2. The molecule has 2 heterocycles. The largest absolute Gasteiger partial charge is 0.496 e. The van der Waals surface area contributed by atoms with Crippen molar-refractivity contribution < 1.29 is 19.0 Å². The quantitative estimate of drug-likeness (QED) is 0.619. The van der Waals surface area contributed by atoms with Gasteiger partial charge in [-0.05, 0) is 0 Å². The summed E-state index contributed by atoms with van der Waals surface area (Å²) in [6, 6.07) is 13.5. The number of benzene rings is 2. The molecule has 0 radical (unpaired) electrons. The summed E-state index contributed by atoms with van der Waals surface area (Å²) in [5.41, 5.74) is 2.68. The van der Waals surface area contributed by atoms with Crippen LogP contribution in [0.3, 0.4) is 0 Å². The maximum Gasteiger partial charge on any atom is 0.234 e. The first-order valence-corrected chi connectivity index (χ1v) is 10.5. The van der Waals surface area contributed by atoms with Gasteiger partial charge < -0.3 is 24.1 Å². The number of ether oxygens (including phenoxy) is 3. The average Bonchev–Trinajstić information content (AvgIpc) is 3.41. The Morgan fingerprint density at radius 2 is 1.80 bits per heavy atom. The smallest absolute Gasteiger partial charge is 0.234 e. The number of amides is 1. The summed E-state index contributed by atoms with van der Waals surface area (Å²) in [6.45, 7) is 0.354. The van der Waals surface area contributed by atoms with Gasteiger partial charge in [-0.1, -0.05) is 30.3 Å². The minimum Gasteiger partial charge on any atom is -0.496 e. The first-order chi connectivity index (χ1) is 14.6. The standard InChI is InChI=1S/C22H23N3O4S/c1-27-15-9-18(28-2)16(19(10-15)29-3)12-25-20(26)13-30-22(25)17-11-23-21(24-17)14-7-5-4-6-8-14/h4-11,22H,12-13H2,1-3H3,(H,23,24). The molecule has 1 aromatic heterocycles. The fourth-order valence-electron chi connectivity index (χ4n) is 3.49. The van der Waals surface area contributed by atoms with E-state index in [1.54, 1.807) is 51.4 Å². The molecule has 1 aliphatic heterocycles. The molecule has 4 rings (SSSR count). The first-order valence-electron chi connectivity index (χ1n) is 9.45. The van der Waals surface area contributed by atoms with E-state index in [2.05, 4.69) is 9.97 Å². The number of hydrogen-bond acceptors (Lipinski definition) is 6. The lowest BCUT2D eigenvalue weighted by Gasteiger charge is -2.25. The van der Waals surface area contributed by atoms with Gasteiger partial charge in [0.1, 0.15) is 28.4 Å². The van der Waals surface area contributed by atoms with E-state index in [4.69, 9.17) is 14.2 Å². The van der Waals surface area contributed by atoms with Crippen LogP contribution >= 0.6 is 11.8 Å². The van der Waals surface area contributed by atoms with Gasteiger partial charge >= 0.3 is 0 Å². The predicted molar refractivity (Wildman–Crippen MR) is 116 cm³/mol. The van der Waals surface area contributed by atoms with Gasteiger partial charge in [0, 0.05) is 17.7 Å². The third kappa shape index (κ3) is 3.82. The molecule has 0 saturated carbocycles. The van der Waals surface area contributed by atoms with Crippen molar-refractivity contribution in [1.29, 1.82) is 0 Å². The Balaban J connectivity index is 1.64. The lowest BCUT2D eigenvalue weighted by atomic mass is 10.1. The Hall–Kier alpha value is -3.13. The molecule has 1 unspecified atom stereocenters. The van der Waals surface area contributed by atoms with E-state index < -0.39 is 0 Å². The van der Waals surface area contributed by atoms with Crippen LogP contribution in [-0.4, -0.2) is 47.9 Å². The Kier molecular flexibility index (Phi) is 5.85. The Morgan fingerprint density at radius 1 is 1.10 bits per heavy atom. The molecule has 1 N–H and O–H groups in total. The van der Waals surface area contributed by atoms with Crippen LogP contribution in [0.5, 0.6) is 17.2 Å². The Labute approximate surface area is 179 Å². The van der Waals surface area contributed by atoms with Crippen LogP contribution in [0.1, 0.15) is 16.6 Å². The summed E-state index contributed by atoms with van der Waals surface area (Å²) >= 11 is 1.57. The number of carbonyl (C=O) groups excluding carboxylic acids is 1. The van der Waals surface area contributed by atoms with Gasteiger partial charge in [0.05, 0.1) is 51.1 Å². The van der Waals surface area contributed by atoms with Crippen LogP contribution in [0.25, 0.3) is 11.4 Å². The average molecular weight is 426 g/mol. The SMILES string of the molecule is COc1cc(OC)c(CN2C(=O)CSC2c2cnc(-c3ccccc3)[nH]2)c(OC)c1. The molecule has 8 heteroatoms. The minimum atomic E-state index is -0.168. The highest BCUT2D eigenvalue weighted by molar-refractivity contribution is 8.00. The van der Waals surface area contributed by atoms with E-state index in [0.717, 1.165) is 22.6 Å². The third-order valence-electron chi connectivity index (χ3n) is 5.02. The van der Waals surface area contributed by atoms with Crippen molar-refractivity contribution in [3.05, 3.63) is 59.9 Å². The number of rotatable bonds is 7.